The summed E-state index contributed by atoms with van der Waals surface area (Å²) in [6.45, 7) is 0.0653. The molecule has 0 aliphatic carbocycles. The molecular weight excluding hydrogens is 495 g/mol. The van der Waals surface area contributed by atoms with Gasteiger partial charge in [0.05, 0.1) is 10.6 Å². The maximum Gasteiger partial charge on any atom is 0.264 e. The Morgan fingerprint density at radius 1 is 0.838 bits per heavy atom. The molecule has 37 heavy (non-hydrogen) atoms. The molecule has 0 spiro atoms. The molecule has 0 atom stereocenters. The molecule has 9 heteroatoms. The van der Waals surface area contributed by atoms with Gasteiger partial charge in [-0.15, -0.1) is 0 Å². The number of hydrogen-bond acceptors (Lipinski definition) is 5. The number of rotatable bonds is 7. The van der Waals surface area contributed by atoms with Gasteiger partial charge in [-0.3, -0.25) is 9.10 Å². The highest BCUT2D eigenvalue weighted by molar-refractivity contribution is 7.92. The van der Waals surface area contributed by atoms with E-state index in [2.05, 4.69) is 5.32 Å². The summed E-state index contributed by atoms with van der Waals surface area (Å²) in [5.74, 6) is -0.506. The lowest BCUT2D eigenvalue weighted by atomic mass is 10.0. The Morgan fingerprint density at radius 2 is 1.57 bits per heavy atom. The third-order valence-electron chi connectivity index (χ3n) is 5.77. The minimum atomic E-state index is -4.28. The van der Waals surface area contributed by atoms with Crippen molar-refractivity contribution in [1.82, 2.24) is 0 Å². The number of sulfonamides is 1. The van der Waals surface area contributed by atoms with Crippen LogP contribution in [0.4, 0.5) is 15.8 Å². The molecule has 4 aromatic rings. The maximum absolute atomic E-state index is 14.1. The van der Waals surface area contributed by atoms with E-state index in [9.17, 15) is 17.6 Å². The van der Waals surface area contributed by atoms with Gasteiger partial charge in [0.2, 0.25) is 5.91 Å². The van der Waals surface area contributed by atoms with Gasteiger partial charge < -0.3 is 14.8 Å². The fraction of sp³-hybridized carbons (Fsp3) is 0.107. The highest BCUT2D eigenvalue weighted by Gasteiger charge is 2.29. The molecular formula is C28H23FN2O5S. The average Bonchev–Trinajstić information content (AvgIpc) is 2.92. The van der Waals surface area contributed by atoms with Crippen LogP contribution in [0.3, 0.4) is 0 Å². The van der Waals surface area contributed by atoms with Crippen LogP contribution in [0.15, 0.2) is 102 Å². The van der Waals surface area contributed by atoms with Crippen molar-refractivity contribution in [2.24, 2.45) is 0 Å². The summed E-state index contributed by atoms with van der Waals surface area (Å²) in [5, 5.41) is 2.81. The first-order chi connectivity index (χ1) is 17.9. The van der Waals surface area contributed by atoms with Crippen LogP contribution in [0.1, 0.15) is 0 Å². The summed E-state index contributed by atoms with van der Waals surface area (Å²) in [6.07, 6.45) is 0. The quantitative estimate of drug-likeness (QED) is 0.368. The van der Waals surface area contributed by atoms with Gasteiger partial charge in [0, 0.05) is 17.3 Å². The Labute approximate surface area is 214 Å². The molecule has 1 heterocycles. The van der Waals surface area contributed by atoms with E-state index in [1.165, 1.54) is 36.4 Å². The monoisotopic (exact) mass is 518 g/mol. The van der Waals surface area contributed by atoms with Gasteiger partial charge in [-0.25, -0.2) is 12.8 Å². The zero-order valence-electron chi connectivity index (χ0n) is 19.6. The summed E-state index contributed by atoms with van der Waals surface area (Å²) < 4.78 is 53.5. The van der Waals surface area contributed by atoms with Gasteiger partial charge in [-0.2, -0.15) is 0 Å². The molecule has 4 aromatic carbocycles. The Hall–Kier alpha value is -4.37. The van der Waals surface area contributed by atoms with Crippen molar-refractivity contribution < 1.29 is 27.1 Å². The number of anilines is 2. The van der Waals surface area contributed by atoms with Crippen LogP contribution >= 0.6 is 0 Å². The number of carbonyl (C=O) groups is 1. The van der Waals surface area contributed by atoms with Crippen LogP contribution in [0.5, 0.6) is 11.5 Å². The minimum absolute atomic E-state index is 0.0152. The van der Waals surface area contributed by atoms with Gasteiger partial charge in [0.25, 0.3) is 10.0 Å². The molecule has 5 rings (SSSR count). The lowest BCUT2D eigenvalue weighted by Gasteiger charge is -2.25. The Kier molecular flexibility index (Phi) is 6.78. The van der Waals surface area contributed by atoms with Crippen molar-refractivity contribution in [1.29, 1.82) is 0 Å². The van der Waals surface area contributed by atoms with Crippen molar-refractivity contribution in [3.63, 3.8) is 0 Å². The highest BCUT2D eigenvalue weighted by Crippen LogP contribution is 2.34. The van der Waals surface area contributed by atoms with E-state index < -0.39 is 28.3 Å². The molecule has 0 saturated heterocycles. The van der Waals surface area contributed by atoms with Gasteiger partial charge in [-0.05, 0) is 42.0 Å². The summed E-state index contributed by atoms with van der Waals surface area (Å²) in [4.78, 5) is 13.1. The SMILES string of the molecule is O=C(CN(c1cccc(F)c1)S(=O)(=O)c1ccc2c(c1)OCCO2)Nc1ccccc1-c1ccccc1. The van der Waals surface area contributed by atoms with E-state index in [0.29, 0.717) is 18.0 Å². The van der Waals surface area contributed by atoms with E-state index in [4.69, 9.17) is 9.47 Å². The lowest BCUT2D eigenvalue weighted by molar-refractivity contribution is -0.114. The Bertz CT molecular complexity index is 1540. The first kappa shape index (κ1) is 24.3. The first-order valence-electron chi connectivity index (χ1n) is 11.5. The number of hydrogen-bond donors (Lipinski definition) is 1. The van der Waals surface area contributed by atoms with Crippen LogP contribution in [-0.2, 0) is 14.8 Å². The zero-order chi connectivity index (χ0) is 25.8. The molecule has 188 valence electrons. The number of ether oxygens (including phenoxy) is 2. The molecule has 0 radical (unpaired) electrons. The number of amides is 1. The first-order valence-corrected chi connectivity index (χ1v) is 13.0. The number of fused-ring (bicyclic) bond motifs is 1. The van der Waals surface area contributed by atoms with Crippen LogP contribution < -0.4 is 19.1 Å². The number of halogens is 1. The largest absolute Gasteiger partial charge is 0.486 e. The smallest absolute Gasteiger partial charge is 0.264 e. The van der Waals surface area contributed by atoms with E-state index >= 15 is 0 Å². The van der Waals surface area contributed by atoms with Crippen LogP contribution in [0.25, 0.3) is 11.1 Å². The molecule has 0 saturated carbocycles. The van der Waals surface area contributed by atoms with Crippen molar-refractivity contribution in [3.05, 3.63) is 103 Å². The van der Waals surface area contributed by atoms with Gasteiger partial charge in [0.15, 0.2) is 11.5 Å². The number of nitrogens with one attached hydrogen (secondary N) is 1. The molecule has 0 aromatic heterocycles. The summed E-state index contributed by atoms with van der Waals surface area (Å²) in [7, 11) is -4.28. The molecule has 0 unspecified atom stereocenters. The Balaban J connectivity index is 1.48. The molecule has 1 aliphatic heterocycles. The third kappa shape index (κ3) is 5.26. The number of nitrogens with zero attached hydrogens (tertiary/aromatic N) is 1. The van der Waals surface area contributed by atoms with Crippen LogP contribution in [0.2, 0.25) is 0 Å². The molecule has 1 amide bonds. The number of carbonyl (C=O) groups excluding carboxylic acids is 1. The van der Waals surface area contributed by atoms with E-state index in [0.717, 1.165) is 21.5 Å². The van der Waals surface area contributed by atoms with Crippen molar-refractivity contribution in [3.8, 4) is 22.6 Å². The van der Waals surface area contributed by atoms with E-state index in [1.54, 1.807) is 12.1 Å². The fourth-order valence-electron chi connectivity index (χ4n) is 4.04. The van der Waals surface area contributed by atoms with Crippen LogP contribution in [0, 0.1) is 5.82 Å². The molecule has 0 bridgehead atoms. The topological polar surface area (TPSA) is 84.9 Å². The second-order valence-electron chi connectivity index (χ2n) is 8.26. The molecule has 7 nitrogen and oxygen atoms in total. The summed E-state index contributed by atoms with van der Waals surface area (Å²) in [6, 6.07) is 26.0. The van der Waals surface area contributed by atoms with Crippen molar-refractivity contribution >= 4 is 27.3 Å². The van der Waals surface area contributed by atoms with Gasteiger partial charge in [-0.1, -0.05) is 54.6 Å². The zero-order valence-corrected chi connectivity index (χ0v) is 20.5. The number of para-hydroxylation sites is 1. The Morgan fingerprint density at radius 3 is 2.35 bits per heavy atom. The molecule has 1 N–H and O–H groups in total. The van der Waals surface area contributed by atoms with E-state index in [1.807, 2.05) is 42.5 Å². The second kappa shape index (κ2) is 10.3. The predicted molar refractivity (Wildman–Crippen MR) is 139 cm³/mol. The molecule has 1 aliphatic rings. The van der Waals surface area contributed by atoms with E-state index in [-0.39, 0.29) is 22.9 Å². The molecule has 0 fully saturated rings. The normalized spacial score (nSPS) is 12.6. The fourth-order valence-corrected chi connectivity index (χ4v) is 5.47. The van der Waals surface area contributed by atoms with Crippen molar-refractivity contribution in [2.75, 3.05) is 29.4 Å². The van der Waals surface area contributed by atoms with Gasteiger partial charge in [0.1, 0.15) is 25.6 Å². The standard InChI is InChI=1S/C28H23FN2O5S/c29-21-9-6-10-22(17-21)31(37(33,34)23-13-14-26-27(18-23)36-16-15-35-26)19-28(32)30-25-12-5-4-11-24(25)20-7-2-1-3-8-20/h1-14,17-18H,15-16,19H2,(H,30,32). The van der Waals surface area contributed by atoms with Crippen LogP contribution in [-0.4, -0.2) is 34.1 Å². The van der Waals surface area contributed by atoms with Crippen molar-refractivity contribution in [2.45, 2.75) is 4.90 Å². The number of benzene rings is 4. The lowest BCUT2D eigenvalue weighted by Crippen LogP contribution is -2.38. The summed E-state index contributed by atoms with van der Waals surface area (Å²) >= 11 is 0. The third-order valence-corrected chi connectivity index (χ3v) is 7.54. The second-order valence-corrected chi connectivity index (χ2v) is 10.1. The predicted octanol–water partition coefficient (Wildman–Crippen LogP) is 5.10. The minimum Gasteiger partial charge on any atom is -0.486 e. The average molecular weight is 519 g/mol. The summed E-state index contributed by atoms with van der Waals surface area (Å²) in [5.41, 5.74) is 2.21. The van der Waals surface area contributed by atoms with Gasteiger partial charge >= 0.3 is 0 Å². The highest BCUT2D eigenvalue weighted by atomic mass is 32.2. The maximum atomic E-state index is 14.1.